The van der Waals surface area contributed by atoms with E-state index >= 15 is 0 Å². The van der Waals surface area contributed by atoms with E-state index in [2.05, 4.69) is 43.5 Å². The lowest BCUT2D eigenvalue weighted by Gasteiger charge is -2.26. The minimum absolute atomic E-state index is 0.153. The van der Waals surface area contributed by atoms with Crippen molar-refractivity contribution in [1.82, 2.24) is 5.32 Å². The van der Waals surface area contributed by atoms with Crippen molar-refractivity contribution in [1.29, 1.82) is 0 Å². The maximum atomic E-state index is 12.5. The number of nitrogens with one attached hydrogen (secondary N) is 1. The molecule has 0 saturated carbocycles. The first kappa shape index (κ1) is 57.8. The topological polar surface area (TPSA) is 89.8 Å². The molecule has 5 nitrogen and oxygen atoms in total. The quantitative estimate of drug-likeness (QED) is 0.0363. The van der Waals surface area contributed by atoms with Crippen LogP contribution in [0.15, 0.2) is 24.3 Å². The standard InChI is InChI=1S/C54H105NO4/c1-3-5-7-9-11-13-15-17-19-21-22-23-24-25-26-27-28-29-30-31-33-35-37-39-41-43-45-47-49-53(58)55-51(50-56)54(59)52(57)48-46-44-42-40-38-36-34-32-20-18-16-14-12-10-8-6-4-2/h32,34,40,42,51-52,54,56-57,59H,3-31,33,35-39,41,43-50H2,1-2H3,(H,55,58)/b34-32+,42-40+. The predicted octanol–water partition coefficient (Wildman–Crippen LogP) is 16.1. The fourth-order valence-corrected chi connectivity index (χ4v) is 8.42. The van der Waals surface area contributed by atoms with Crippen LogP contribution in [-0.2, 0) is 4.79 Å². The lowest BCUT2D eigenvalue weighted by molar-refractivity contribution is -0.124. The van der Waals surface area contributed by atoms with Gasteiger partial charge in [-0.2, -0.15) is 0 Å². The Morgan fingerprint density at radius 1 is 0.407 bits per heavy atom. The van der Waals surface area contributed by atoms with Gasteiger partial charge < -0.3 is 20.6 Å². The highest BCUT2D eigenvalue weighted by molar-refractivity contribution is 5.76. The van der Waals surface area contributed by atoms with Gasteiger partial charge in [-0.15, -0.1) is 0 Å². The summed E-state index contributed by atoms with van der Waals surface area (Å²) in [5.41, 5.74) is 0. The molecule has 3 atom stereocenters. The first-order chi connectivity index (χ1) is 29.1. The molecule has 0 aliphatic rings. The van der Waals surface area contributed by atoms with Gasteiger partial charge in [-0.3, -0.25) is 4.79 Å². The summed E-state index contributed by atoms with van der Waals surface area (Å²) in [6.07, 6.45) is 61.8. The summed E-state index contributed by atoms with van der Waals surface area (Å²) in [4.78, 5) is 12.5. The number of carbonyl (C=O) groups is 1. The summed E-state index contributed by atoms with van der Waals surface area (Å²) >= 11 is 0. The Hall–Kier alpha value is -1.17. The average Bonchev–Trinajstić information content (AvgIpc) is 3.24. The van der Waals surface area contributed by atoms with E-state index in [1.807, 2.05) is 0 Å². The molecule has 0 aliphatic carbocycles. The molecule has 0 aliphatic heterocycles. The second kappa shape index (κ2) is 49.5. The molecule has 350 valence electrons. The zero-order chi connectivity index (χ0) is 43.0. The van der Waals surface area contributed by atoms with Crippen molar-refractivity contribution in [3.63, 3.8) is 0 Å². The lowest BCUT2D eigenvalue weighted by atomic mass is 10.0. The van der Waals surface area contributed by atoms with Crippen LogP contribution in [0, 0.1) is 0 Å². The van der Waals surface area contributed by atoms with Gasteiger partial charge in [-0.1, -0.05) is 256 Å². The molecule has 0 aromatic heterocycles. The van der Waals surface area contributed by atoms with E-state index in [0.29, 0.717) is 12.8 Å². The summed E-state index contributed by atoms with van der Waals surface area (Å²) < 4.78 is 0. The molecule has 4 N–H and O–H groups in total. The number of aliphatic hydroxyl groups excluding tert-OH is 3. The molecule has 0 fully saturated rings. The third-order valence-electron chi connectivity index (χ3n) is 12.5. The van der Waals surface area contributed by atoms with Gasteiger partial charge >= 0.3 is 0 Å². The van der Waals surface area contributed by atoms with Crippen LogP contribution in [0.25, 0.3) is 0 Å². The van der Waals surface area contributed by atoms with Gasteiger partial charge in [-0.25, -0.2) is 0 Å². The molecule has 3 unspecified atom stereocenters. The summed E-state index contributed by atoms with van der Waals surface area (Å²) in [7, 11) is 0. The van der Waals surface area contributed by atoms with Gasteiger partial charge in [0.25, 0.3) is 0 Å². The van der Waals surface area contributed by atoms with Crippen LogP contribution < -0.4 is 5.32 Å². The van der Waals surface area contributed by atoms with Crippen molar-refractivity contribution in [2.45, 2.75) is 308 Å². The van der Waals surface area contributed by atoms with E-state index in [1.165, 1.54) is 218 Å². The van der Waals surface area contributed by atoms with E-state index in [9.17, 15) is 20.1 Å². The zero-order valence-electron chi connectivity index (χ0n) is 39.9. The monoisotopic (exact) mass is 832 g/mol. The Bertz CT molecular complexity index is 874. The van der Waals surface area contributed by atoms with Gasteiger partial charge in [-0.05, 0) is 51.4 Å². The fraction of sp³-hybridized carbons (Fsp3) is 0.907. The summed E-state index contributed by atoms with van der Waals surface area (Å²) in [5, 5.41) is 33.6. The third kappa shape index (κ3) is 44.7. The highest BCUT2D eigenvalue weighted by atomic mass is 16.3. The molecule has 0 radical (unpaired) electrons. The summed E-state index contributed by atoms with van der Waals surface area (Å²) in [6.45, 7) is 4.19. The van der Waals surface area contributed by atoms with Gasteiger partial charge in [0.05, 0.1) is 18.8 Å². The predicted molar refractivity (Wildman–Crippen MR) is 259 cm³/mol. The second-order valence-electron chi connectivity index (χ2n) is 18.4. The minimum atomic E-state index is -1.16. The van der Waals surface area contributed by atoms with Gasteiger partial charge in [0.15, 0.2) is 0 Å². The summed E-state index contributed by atoms with van der Waals surface area (Å²) in [6, 6.07) is -0.829. The van der Waals surface area contributed by atoms with E-state index in [4.69, 9.17) is 0 Å². The maximum Gasteiger partial charge on any atom is 0.220 e. The van der Waals surface area contributed by atoms with Crippen LogP contribution in [0.1, 0.15) is 290 Å². The average molecular weight is 832 g/mol. The van der Waals surface area contributed by atoms with Crippen LogP contribution in [0.2, 0.25) is 0 Å². The van der Waals surface area contributed by atoms with Crippen molar-refractivity contribution in [3.8, 4) is 0 Å². The number of allylic oxidation sites excluding steroid dienone is 4. The number of hydrogen-bond donors (Lipinski definition) is 4. The zero-order valence-corrected chi connectivity index (χ0v) is 39.9. The van der Waals surface area contributed by atoms with Crippen molar-refractivity contribution < 1.29 is 20.1 Å². The van der Waals surface area contributed by atoms with E-state index in [-0.39, 0.29) is 12.5 Å². The van der Waals surface area contributed by atoms with Crippen LogP contribution in [0.5, 0.6) is 0 Å². The number of hydrogen-bond acceptors (Lipinski definition) is 4. The molecule has 0 heterocycles. The molecule has 59 heavy (non-hydrogen) atoms. The molecule has 0 rings (SSSR count). The number of aliphatic hydroxyl groups is 3. The SMILES string of the molecule is CCCCCCCCCC/C=C/CC/C=C/CCCC(O)C(O)C(CO)NC(=O)CCCCCCCCCCCCCCCCCCCCCCCCCCCCCC. The summed E-state index contributed by atoms with van der Waals surface area (Å²) in [5.74, 6) is -0.153. The Labute approximate surface area is 369 Å². The Balaban J connectivity index is 3.54. The molecule has 5 heteroatoms. The number of unbranched alkanes of at least 4 members (excludes halogenated alkanes) is 37. The number of rotatable bonds is 49. The first-order valence-corrected chi connectivity index (χ1v) is 26.6. The minimum Gasteiger partial charge on any atom is -0.394 e. The Kier molecular flexibility index (Phi) is 48.5. The van der Waals surface area contributed by atoms with Crippen LogP contribution in [0.3, 0.4) is 0 Å². The largest absolute Gasteiger partial charge is 0.394 e. The molecule has 0 aromatic carbocycles. The van der Waals surface area contributed by atoms with Crippen molar-refractivity contribution >= 4 is 5.91 Å². The molecular formula is C54H105NO4. The first-order valence-electron chi connectivity index (χ1n) is 26.6. The van der Waals surface area contributed by atoms with Gasteiger partial charge in [0.1, 0.15) is 6.10 Å². The Morgan fingerprint density at radius 3 is 1.03 bits per heavy atom. The molecule has 0 aromatic rings. The number of carbonyl (C=O) groups excluding carboxylic acids is 1. The van der Waals surface area contributed by atoms with Crippen LogP contribution >= 0.6 is 0 Å². The molecular weight excluding hydrogens is 727 g/mol. The molecule has 0 spiro atoms. The van der Waals surface area contributed by atoms with Gasteiger partial charge in [0, 0.05) is 6.42 Å². The van der Waals surface area contributed by atoms with E-state index in [0.717, 1.165) is 44.9 Å². The van der Waals surface area contributed by atoms with E-state index in [1.54, 1.807) is 0 Å². The Morgan fingerprint density at radius 2 is 0.695 bits per heavy atom. The van der Waals surface area contributed by atoms with Crippen molar-refractivity contribution in [2.75, 3.05) is 6.61 Å². The van der Waals surface area contributed by atoms with E-state index < -0.39 is 18.2 Å². The fourth-order valence-electron chi connectivity index (χ4n) is 8.42. The highest BCUT2D eigenvalue weighted by Gasteiger charge is 2.26. The van der Waals surface area contributed by atoms with Gasteiger partial charge in [0.2, 0.25) is 5.91 Å². The maximum absolute atomic E-state index is 12.5. The lowest BCUT2D eigenvalue weighted by Crippen LogP contribution is -2.50. The second-order valence-corrected chi connectivity index (χ2v) is 18.4. The van der Waals surface area contributed by atoms with Crippen molar-refractivity contribution in [2.24, 2.45) is 0 Å². The van der Waals surface area contributed by atoms with Crippen molar-refractivity contribution in [3.05, 3.63) is 24.3 Å². The highest BCUT2D eigenvalue weighted by Crippen LogP contribution is 2.17. The molecule has 1 amide bonds. The normalized spacial score (nSPS) is 13.5. The third-order valence-corrected chi connectivity index (χ3v) is 12.5. The van der Waals surface area contributed by atoms with Crippen LogP contribution in [0.4, 0.5) is 0 Å². The number of amides is 1. The molecule has 0 saturated heterocycles. The van der Waals surface area contributed by atoms with Crippen LogP contribution in [-0.4, -0.2) is 46.1 Å². The molecule has 0 bridgehead atoms. The smallest absolute Gasteiger partial charge is 0.220 e.